The number of aromatic hydroxyl groups is 1. The standard InChI is InChI=1S/C31H30ClF4N9O4/c1-3-21-26(42-6-8-43(9-7-42)30(49)25-27(47)16(2)38-15-39-25)28(48)24-29(37-11-22(41-24)44-12-18(33)13-44)45(21)14-23(46)40-20-5-4-17(10-19(20)32)31(34,35)36/h4-5,10-11,15,18,47H,3,6-9,12-14H2,1-2H3,(H,40,46). The van der Waals surface area contributed by atoms with Crippen LogP contribution >= 0.6 is 11.6 Å². The molecule has 0 bridgehead atoms. The number of piperazine rings is 1. The van der Waals surface area contributed by atoms with Crippen LogP contribution in [0.4, 0.5) is 34.8 Å². The highest BCUT2D eigenvalue weighted by Crippen LogP contribution is 2.34. The first-order valence-electron chi connectivity index (χ1n) is 15.3. The summed E-state index contributed by atoms with van der Waals surface area (Å²) in [5.41, 5.74) is -0.662. The molecule has 1 aromatic carbocycles. The Hall–Kier alpha value is -5.06. The number of alkyl halides is 4. The van der Waals surface area contributed by atoms with Crippen molar-refractivity contribution < 1.29 is 32.3 Å². The smallest absolute Gasteiger partial charge is 0.416 e. The summed E-state index contributed by atoms with van der Waals surface area (Å²) in [7, 11) is 0. The van der Waals surface area contributed by atoms with Crippen molar-refractivity contribution >= 4 is 51.8 Å². The quantitative estimate of drug-likeness (QED) is 0.274. The minimum absolute atomic E-state index is 0.0408. The van der Waals surface area contributed by atoms with Crippen molar-refractivity contribution in [3.8, 4) is 5.75 Å². The number of halogens is 5. The first kappa shape index (κ1) is 33.8. The van der Waals surface area contributed by atoms with E-state index in [4.69, 9.17) is 11.6 Å². The van der Waals surface area contributed by atoms with Crippen LogP contribution in [0.15, 0.2) is 35.5 Å². The highest BCUT2D eigenvalue weighted by molar-refractivity contribution is 6.33. The van der Waals surface area contributed by atoms with E-state index in [0.717, 1.165) is 12.1 Å². The van der Waals surface area contributed by atoms with E-state index < -0.39 is 41.7 Å². The van der Waals surface area contributed by atoms with Gasteiger partial charge in [-0.1, -0.05) is 18.5 Å². The zero-order valence-electron chi connectivity index (χ0n) is 26.3. The van der Waals surface area contributed by atoms with Gasteiger partial charge >= 0.3 is 6.18 Å². The van der Waals surface area contributed by atoms with Gasteiger partial charge in [0.2, 0.25) is 11.3 Å². The van der Waals surface area contributed by atoms with Crippen LogP contribution in [-0.2, 0) is 23.9 Å². The molecule has 5 heterocycles. The van der Waals surface area contributed by atoms with Crippen LogP contribution in [-0.4, -0.2) is 91.8 Å². The van der Waals surface area contributed by atoms with Crippen molar-refractivity contribution in [2.75, 3.05) is 54.4 Å². The van der Waals surface area contributed by atoms with E-state index in [9.17, 15) is 37.1 Å². The van der Waals surface area contributed by atoms with E-state index in [1.165, 1.54) is 22.0 Å². The molecule has 6 rings (SSSR count). The van der Waals surface area contributed by atoms with Crippen LogP contribution in [0.3, 0.4) is 0 Å². The van der Waals surface area contributed by atoms with Gasteiger partial charge in [0.15, 0.2) is 22.6 Å². The number of nitrogens with zero attached hydrogens (tertiary/aromatic N) is 8. The molecule has 2 fully saturated rings. The van der Waals surface area contributed by atoms with E-state index in [2.05, 4.69) is 25.3 Å². The number of anilines is 3. The van der Waals surface area contributed by atoms with Gasteiger partial charge < -0.3 is 29.7 Å². The van der Waals surface area contributed by atoms with Crippen molar-refractivity contribution in [2.24, 2.45) is 0 Å². The molecule has 0 unspecified atom stereocenters. The Morgan fingerprint density at radius 2 is 1.80 bits per heavy atom. The van der Waals surface area contributed by atoms with E-state index in [-0.39, 0.29) is 96.2 Å². The van der Waals surface area contributed by atoms with Crippen LogP contribution < -0.4 is 20.5 Å². The Labute approximate surface area is 281 Å². The third-order valence-corrected chi connectivity index (χ3v) is 8.80. The maximum absolute atomic E-state index is 14.2. The molecule has 0 aliphatic carbocycles. The summed E-state index contributed by atoms with van der Waals surface area (Å²) in [6.07, 6.45) is -2.82. The first-order chi connectivity index (χ1) is 23.3. The minimum Gasteiger partial charge on any atom is -0.504 e. The van der Waals surface area contributed by atoms with Crippen molar-refractivity contribution in [3.63, 3.8) is 0 Å². The fourth-order valence-corrected chi connectivity index (χ4v) is 6.10. The number of aryl methyl sites for hydroxylation is 1. The molecule has 0 spiro atoms. The molecule has 18 heteroatoms. The zero-order chi connectivity index (χ0) is 35.2. The summed E-state index contributed by atoms with van der Waals surface area (Å²) in [4.78, 5) is 62.5. The molecule has 4 aromatic rings. The number of fused-ring (bicyclic) bond motifs is 1. The monoisotopic (exact) mass is 703 g/mol. The van der Waals surface area contributed by atoms with Gasteiger partial charge in [-0.2, -0.15) is 13.2 Å². The van der Waals surface area contributed by atoms with Crippen LogP contribution in [0.25, 0.3) is 11.2 Å². The highest BCUT2D eigenvalue weighted by Gasteiger charge is 2.33. The molecule has 0 atom stereocenters. The largest absolute Gasteiger partial charge is 0.504 e. The lowest BCUT2D eigenvalue weighted by Crippen LogP contribution is -2.50. The predicted molar refractivity (Wildman–Crippen MR) is 172 cm³/mol. The number of hydrogen-bond donors (Lipinski definition) is 2. The number of rotatable bonds is 7. The van der Waals surface area contributed by atoms with Crippen LogP contribution in [0.1, 0.15) is 34.4 Å². The Balaban J connectivity index is 1.34. The van der Waals surface area contributed by atoms with Gasteiger partial charge in [0.25, 0.3) is 5.91 Å². The molecule has 2 aliphatic rings. The molecule has 2 N–H and O–H groups in total. The Morgan fingerprint density at radius 1 is 1.08 bits per heavy atom. The molecule has 49 heavy (non-hydrogen) atoms. The topological polar surface area (TPSA) is 150 Å². The first-order valence-corrected chi connectivity index (χ1v) is 15.7. The molecule has 0 radical (unpaired) electrons. The summed E-state index contributed by atoms with van der Waals surface area (Å²) in [6.45, 7) is 3.87. The SMILES string of the molecule is CCc1c(N2CCN(C(=O)c3ncnc(C)c3O)CC2)c(=O)c2nc(N3CC(F)C3)cnc2n1CC(=O)Nc1ccc(C(F)(F)F)cc1Cl. The van der Waals surface area contributed by atoms with Gasteiger partial charge in [0.1, 0.15) is 30.5 Å². The van der Waals surface area contributed by atoms with Crippen LogP contribution in [0.2, 0.25) is 5.02 Å². The summed E-state index contributed by atoms with van der Waals surface area (Å²) in [6, 6.07) is 2.57. The highest BCUT2D eigenvalue weighted by atomic mass is 35.5. The van der Waals surface area contributed by atoms with Crippen molar-refractivity contribution in [1.29, 1.82) is 0 Å². The molecule has 3 aromatic heterocycles. The molecular formula is C31H30ClF4N9O4. The number of amides is 2. The normalized spacial score (nSPS) is 15.4. The zero-order valence-corrected chi connectivity index (χ0v) is 27.0. The van der Waals surface area contributed by atoms with E-state index in [0.29, 0.717) is 11.8 Å². The van der Waals surface area contributed by atoms with Crippen LogP contribution in [0.5, 0.6) is 5.75 Å². The fourth-order valence-electron chi connectivity index (χ4n) is 5.87. The summed E-state index contributed by atoms with van der Waals surface area (Å²) < 4.78 is 54.6. The number of carbonyl (C=O) groups excluding carboxylic acids is 2. The lowest BCUT2D eigenvalue weighted by molar-refractivity contribution is -0.137. The van der Waals surface area contributed by atoms with Crippen molar-refractivity contribution in [1.82, 2.24) is 29.4 Å². The van der Waals surface area contributed by atoms with E-state index >= 15 is 0 Å². The third-order valence-electron chi connectivity index (χ3n) is 8.48. The Kier molecular flexibility index (Phi) is 9.04. The third kappa shape index (κ3) is 6.54. The minimum atomic E-state index is -4.62. The average molecular weight is 704 g/mol. The summed E-state index contributed by atoms with van der Waals surface area (Å²) in [5, 5.41) is 12.6. The number of nitrogens with one attached hydrogen (secondary N) is 1. The van der Waals surface area contributed by atoms with E-state index in [1.807, 2.05) is 0 Å². The molecule has 258 valence electrons. The Morgan fingerprint density at radius 3 is 2.43 bits per heavy atom. The number of carbonyl (C=O) groups is 2. The van der Waals surface area contributed by atoms with Gasteiger partial charge in [0, 0.05) is 31.9 Å². The maximum atomic E-state index is 14.2. The molecule has 2 amide bonds. The maximum Gasteiger partial charge on any atom is 0.416 e. The number of benzene rings is 1. The predicted octanol–water partition coefficient (Wildman–Crippen LogP) is 3.59. The Bertz CT molecular complexity index is 2010. The lowest BCUT2D eigenvalue weighted by atomic mass is 10.1. The van der Waals surface area contributed by atoms with E-state index in [1.54, 1.807) is 23.6 Å². The van der Waals surface area contributed by atoms with Gasteiger partial charge in [0.05, 0.1) is 41.3 Å². The van der Waals surface area contributed by atoms with Gasteiger partial charge in [-0.3, -0.25) is 14.4 Å². The second kappa shape index (κ2) is 13.1. The van der Waals surface area contributed by atoms with Crippen LogP contribution in [0, 0.1) is 6.92 Å². The average Bonchev–Trinajstić information content (AvgIpc) is 3.05. The number of aromatic nitrogens is 5. The number of hydrogen-bond acceptors (Lipinski definition) is 10. The van der Waals surface area contributed by atoms with Crippen molar-refractivity contribution in [3.05, 3.63) is 68.6 Å². The van der Waals surface area contributed by atoms with Gasteiger partial charge in [-0.25, -0.2) is 24.3 Å². The van der Waals surface area contributed by atoms with Gasteiger partial charge in [-0.15, -0.1) is 0 Å². The molecule has 0 saturated carbocycles. The summed E-state index contributed by atoms with van der Waals surface area (Å²) in [5.74, 6) is -1.18. The van der Waals surface area contributed by atoms with Gasteiger partial charge in [-0.05, 0) is 31.5 Å². The molecular weight excluding hydrogens is 674 g/mol. The second-order valence-electron chi connectivity index (χ2n) is 11.6. The molecule has 13 nitrogen and oxygen atoms in total. The molecule has 2 aliphatic heterocycles. The van der Waals surface area contributed by atoms with Crippen molar-refractivity contribution in [2.45, 2.75) is 39.2 Å². The molecule has 2 saturated heterocycles. The number of pyridine rings is 1. The lowest BCUT2D eigenvalue weighted by Gasteiger charge is -2.37. The summed E-state index contributed by atoms with van der Waals surface area (Å²) >= 11 is 6.08. The fraction of sp³-hybridized carbons (Fsp3) is 0.387. The second-order valence-corrected chi connectivity index (χ2v) is 12.1.